The maximum Gasteiger partial charge on any atom is 0.330 e. The normalized spacial score (nSPS) is 10.0. The third-order valence-electron chi connectivity index (χ3n) is 2.57. The first-order valence-corrected chi connectivity index (χ1v) is 7.95. The van der Waals surface area contributed by atoms with Crippen LogP contribution in [-0.4, -0.2) is 32.9 Å². The summed E-state index contributed by atoms with van der Waals surface area (Å²) in [5, 5.41) is -0.637. The fraction of sp³-hybridized carbons (Fsp3) is 0.0667. The van der Waals surface area contributed by atoms with Crippen molar-refractivity contribution >= 4 is 10.1 Å². The fourth-order valence-electron chi connectivity index (χ4n) is 1.60. The Hall–Kier alpha value is -2.06. The summed E-state index contributed by atoms with van der Waals surface area (Å²) in [6.07, 6.45) is 4.64. The van der Waals surface area contributed by atoms with Gasteiger partial charge in [-0.1, -0.05) is 6.07 Å². The van der Waals surface area contributed by atoms with Crippen LogP contribution in [0.2, 0.25) is 0 Å². The Morgan fingerprint density at radius 2 is 1.71 bits per heavy atom. The van der Waals surface area contributed by atoms with Crippen molar-refractivity contribution < 1.29 is 33.1 Å². The zero-order valence-electron chi connectivity index (χ0n) is 12.3. The van der Waals surface area contributed by atoms with E-state index in [4.69, 9.17) is 4.55 Å². The average molecular weight is 522 g/mol. The van der Waals surface area contributed by atoms with Gasteiger partial charge in [0.05, 0.1) is 0 Å². The van der Waals surface area contributed by atoms with Crippen LogP contribution in [0, 0.1) is 6.07 Å². The van der Waals surface area contributed by atoms with Crippen LogP contribution < -0.4 is 0 Å². The molecule has 0 saturated carbocycles. The molecule has 9 heteroatoms. The molecule has 0 saturated heterocycles. The van der Waals surface area contributed by atoms with Gasteiger partial charge in [-0.3, -0.25) is 9.54 Å². The van der Waals surface area contributed by atoms with E-state index in [0.717, 1.165) is 24.8 Å². The van der Waals surface area contributed by atoms with E-state index in [1.807, 2.05) is 42.6 Å². The minimum atomic E-state index is -4.27. The van der Waals surface area contributed by atoms with Crippen molar-refractivity contribution in [1.29, 1.82) is 0 Å². The summed E-state index contributed by atoms with van der Waals surface area (Å²) in [6, 6.07) is 17.1. The zero-order chi connectivity index (χ0) is 16.5. The molecule has 0 aliphatic rings. The second-order valence-electron chi connectivity index (χ2n) is 4.28. The van der Waals surface area contributed by atoms with Crippen LogP contribution in [0.1, 0.15) is 11.3 Å². The number of aromatic nitrogens is 4. The number of pyridine rings is 1. The van der Waals surface area contributed by atoms with Gasteiger partial charge in [-0.2, -0.15) is 44.3 Å². The molecule has 3 rings (SSSR count). The van der Waals surface area contributed by atoms with Crippen molar-refractivity contribution in [2.24, 2.45) is 0 Å². The largest absolute Gasteiger partial charge is 0.330 e. The Kier molecular flexibility index (Phi) is 8.28. The molecule has 0 spiro atoms. The number of benzene rings is 1. The quantitative estimate of drug-likeness (QED) is 0.412. The minimum Gasteiger partial charge on any atom is -0.279 e. The molecule has 0 bridgehead atoms. The van der Waals surface area contributed by atoms with E-state index < -0.39 is 15.3 Å². The molecular weight excluding hydrogens is 508 g/mol. The van der Waals surface area contributed by atoms with Crippen LogP contribution in [0.5, 0.6) is 0 Å². The van der Waals surface area contributed by atoms with Gasteiger partial charge < -0.3 is 0 Å². The van der Waals surface area contributed by atoms with Crippen LogP contribution in [-0.2, 0) is 36.6 Å². The molecular formula is C15H13IrN4O3S-. The summed E-state index contributed by atoms with van der Waals surface area (Å²) in [5.41, 5.74) is 2.27. The van der Waals surface area contributed by atoms with Crippen LogP contribution >= 0.6 is 0 Å². The van der Waals surface area contributed by atoms with E-state index >= 15 is 0 Å². The van der Waals surface area contributed by atoms with Crippen molar-refractivity contribution in [3.05, 3.63) is 78.6 Å². The Bertz CT molecular complexity index is 782. The summed E-state index contributed by atoms with van der Waals surface area (Å²) < 4.78 is 28.8. The minimum absolute atomic E-state index is 0. The standard InChI is InChI=1S/C12H10N.C3H3N3O3S.Ir/c1-2-6-11(7-3-1)10-12-8-4-5-9-13-12;7-10(8,9)3-5-1-4-2-6-3;/h1-6,8-9H,10H2;1-2H,(H,7,8,9);/q-1;;. The Morgan fingerprint density at radius 1 is 1.00 bits per heavy atom. The summed E-state index contributed by atoms with van der Waals surface area (Å²) in [6.45, 7) is 0. The average Bonchev–Trinajstić information content (AvgIpc) is 2.57. The molecule has 2 heterocycles. The predicted molar refractivity (Wildman–Crippen MR) is 82.0 cm³/mol. The molecule has 7 nitrogen and oxygen atoms in total. The van der Waals surface area contributed by atoms with Gasteiger partial charge in [0.25, 0.3) is 5.16 Å². The molecule has 0 aliphatic heterocycles. The van der Waals surface area contributed by atoms with Crippen molar-refractivity contribution in [3.63, 3.8) is 0 Å². The number of hydrogen-bond donors (Lipinski definition) is 1. The first-order valence-electron chi connectivity index (χ1n) is 6.50. The fourth-order valence-corrected chi connectivity index (χ4v) is 1.96. The molecule has 1 radical (unpaired) electrons. The molecule has 2 aromatic heterocycles. The van der Waals surface area contributed by atoms with Gasteiger partial charge in [0.15, 0.2) is 0 Å². The predicted octanol–water partition coefficient (Wildman–Crippen LogP) is 1.59. The first kappa shape index (κ1) is 20.0. The SMILES string of the molecule is O=S(=O)(O)c1ncncn1.[Ir].[c-]1ccccc1Cc1ccccn1. The zero-order valence-corrected chi connectivity index (χ0v) is 15.5. The van der Waals surface area contributed by atoms with Crippen LogP contribution in [0.3, 0.4) is 0 Å². The van der Waals surface area contributed by atoms with Gasteiger partial charge in [-0.05, 0) is 18.6 Å². The van der Waals surface area contributed by atoms with E-state index in [2.05, 4.69) is 32.1 Å². The van der Waals surface area contributed by atoms with Gasteiger partial charge in [0.1, 0.15) is 12.7 Å². The molecule has 0 fully saturated rings. The summed E-state index contributed by atoms with van der Waals surface area (Å²) >= 11 is 0. The van der Waals surface area contributed by atoms with Crippen molar-refractivity contribution in [3.8, 4) is 0 Å². The van der Waals surface area contributed by atoms with Crippen LogP contribution in [0.25, 0.3) is 0 Å². The van der Waals surface area contributed by atoms with Crippen molar-refractivity contribution in [2.45, 2.75) is 11.6 Å². The molecule has 0 atom stereocenters. The second kappa shape index (κ2) is 9.94. The maximum absolute atomic E-state index is 10.2. The smallest absolute Gasteiger partial charge is 0.279 e. The van der Waals surface area contributed by atoms with E-state index in [1.165, 1.54) is 5.56 Å². The van der Waals surface area contributed by atoms with Gasteiger partial charge in [0, 0.05) is 32.0 Å². The molecule has 127 valence electrons. The summed E-state index contributed by atoms with van der Waals surface area (Å²) in [4.78, 5) is 14.0. The summed E-state index contributed by atoms with van der Waals surface area (Å²) in [5.74, 6) is 0. The Balaban J connectivity index is 0.000000238. The van der Waals surface area contributed by atoms with Gasteiger partial charge >= 0.3 is 10.1 Å². The van der Waals surface area contributed by atoms with Gasteiger partial charge in [-0.15, -0.1) is 0 Å². The van der Waals surface area contributed by atoms with E-state index in [0.29, 0.717) is 0 Å². The Labute approximate surface area is 153 Å². The van der Waals surface area contributed by atoms with Gasteiger partial charge in [-0.25, -0.2) is 15.0 Å². The number of rotatable bonds is 3. The third kappa shape index (κ3) is 7.01. The number of nitrogens with zero attached hydrogens (tertiary/aromatic N) is 4. The first-order chi connectivity index (χ1) is 11.1. The van der Waals surface area contributed by atoms with Crippen LogP contribution in [0.4, 0.5) is 0 Å². The second-order valence-corrected chi connectivity index (χ2v) is 5.60. The molecule has 0 amide bonds. The monoisotopic (exact) mass is 522 g/mol. The molecule has 0 unspecified atom stereocenters. The number of hydrogen-bond acceptors (Lipinski definition) is 6. The Morgan fingerprint density at radius 3 is 2.21 bits per heavy atom. The summed E-state index contributed by atoms with van der Waals surface area (Å²) in [7, 11) is -4.27. The van der Waals surface area contributed by atoms with E-state index in [-0.39, 0.29) is 20.1 Å². The van der Waals surface area contributed by atoms with Crippen LogP contribution in [0.15, 0.2) is 66.5 Å². The molecule has 24 heavy (non-hydrogen) atoms. The van der Waals surface area contributed by atoms with Crippen molar-refractivity contribution in [1.82, 2.24) is 19.9 Å². The molecule has 1 aromatic carbocycles. The topological polar surface area (TPSA) is 106 Å². The molecule has 0 aliphatic carbocycles. The molecule has 1 N–H and O–H groups in total. The van der Waals surface area contributed by atoms with Gasteiger partial charge in [0.2, 0.25) is 0 Å². The van der Waals surface area contributed by atoms with E-state index in [9.17, 15) is 8.42 Å². The van der Waals surface area contributed by atoms with E-state index in [1.54, 1.807) is 0 Å². The van der Waals surface area contributed by atoms with Crippen molar-refractivity contribution in [2.75, 3.05) is 0 Å². The maximum atomic E-state index is 10.2. The third-order valence-corrected chi connectivity index (χ3v) is 3.24. The molecule has 3 aromatic rings.